The Hall–Kier alpha value is -1.94. The van der Waals surface area contributed by atoms with E-state index >= 15 is 0 Å². The monoisotopic (exact) mass is 330 g/mol. The number of hydrazone groups is 1. The van der Waals surface area contributed by atoms with Gasteiger partial charge in [-0.15, -0.1) is 0 Å². The minimum absolute atomic E-state index is 0.203. The molecular weight excluding hydrogens is 316 g/mol. The Kier molecular flexibility index (Phi) is 4.69. The molecular formula is C16H15BrN2O. The second-order valence-electron chi connectivity index (χ2n) is 4.52. The van der Waals surface area contributed by atoms with Crippen molar-refractivity contribution in [2.24, 2.45) is 5.10 Å². The molecule has 2 rings (SSSR count). The van der Waals surface area contributed by atoms with Crippen molar-refractivity contribution in [3.05, 3.63) is 69.2 Å². The molecule has 0 saturated carbocycles. The summed E-state index contributed by atoms with van der Waals surface area (Å²) in [7, 11) is 0. The Morgan fingerprint density at radius 1 is 1.15 bits per heavy atom. The molecule has 1 N–H and O–H groups in total. The molecule has 0 atom stereocenters. The number of nitrogens with zero attached hydrogens (tertiary/aromatic N) is 1. The summed E-state index contributed by atoms with van der Waals surface area (Å²) >= 11 is 3.46. The Labute approximate surface area is 126 Å². The fraction of sp³-hybridized carbons (Fsp3) is 0.125. The lowest BCUT2D eigenvalue weighted by Crippen LogP contribution is -2.18. The lowest BCUT2D eigenvalue weighted by Gasteiger charge is -2.03. The zero-order valence-corrected chi connectivity index (χ0v) is 12.9. The molecule has 0 aliphatic heterocycles. The zero-order valence-electron chi connectivity index (χ0n) is 11.4. The summed E-state index contributed by atoms with van der Waals surface area (Å²) in [4.78, 5) is 11.9. The van der Waals surface area contributed by atoms with Crippen LogP contribution in [0.25, 0.3) is 0 Å². The van der Waals surface area contributed by atoms with Gasteiger partial charge in [0.15, 0.2) is 0 Å². The van der Waals surface area contributed by atoms with Gasteiger partial charge in [0.2, 0.25) is 0 Å². The highest BCUT2D eigenvalue weighted by molar-refractivity contribution is 9.10. The van der Waals surface area contributed by atoms with E-state index in [9.17, 15) is 4.79 Å². The maximum absolute atomic E-state index is 11.9. The maximum atomic E-state index is 11.9. The van der Waals surface area contributed by atoms with Gasteiger partial charge in [-0.2, -0.15) is 5.10 Å². The van der Waals surface area contributed by atoms with Crippen LogP contribution in [0.2, 0.25) is 0 Å². The van der Waals surface area contributed by atoms with Gasteiger partial charge in [-0.25, -0.2) is 5.43 Å². The number of hydrogen-bond acceptors (Lipinski definition) is 2. The summed E-state index contributed by atoms with van der Waals surface area (Å²) in [5.74, 6) is -0.203. The third-order valence-corrected chi connectivity index (χ3v) is 3.82. The molecule has 0 aliphatic carbocycles. The maximum Gasteiger partial charge on any atom is 0.271 e. The van der Waals surface area contributed by atoms with Crippen LogP contribution >= 0.6 is 15.9 Å². The van der Waals surface area contributed by atoms with Gasteiger partial charge in [0.1, 0.15) is 0 Å². The van der Waals surface area contributed by atoms with Crippen LogP contribution in [0.5, 0.6) is 0 Å². The van der Waals surface area contributed by atoms with Crippen LogP contribution in [0.4, 0.5) is 0 Å². The van der Waals surface area contributed by atoms with Crippen molar-refractivity contribution in [1.82, 2.24) is 5.43 Å². The first-order valence-corrected chi connectivity index (χ1v) is 7.02. The predicted octanol–water partition coefficient (Wildman–Crippen LogP) is 3.83. The Morgan fingerprint density at radius 2 is 1.90 bits per heavy atom. The van der Waals surface area contributed by atoms with Crippen molar-refractivity contribution in [1.29, 1.82) is 0 Å². The fourth-order valence-electron chi connectivity index (χ4n) is 1.74. The summed E-state index contributed by atoms with van der Waals surface area (Å²) in [5, 5.41) is 3.98. The number of benzene rings is 2. The SMILES string of the molecule is Cc1ccc(/C=N\NC(=O)c2ccccc2C)cc1Br. The molecule has 4 heteroatoms. The van der Waals surface area contributed by atoms with E-state index in [1.807, 2.05) is 50.2 Å². The zero-order chi connectivity index (χ0) is 14.5. The Balaban J connectivity index is 2.05. The topological polar surface area (TPSA) is 41.5 Å². The number of hydrogen-bond donors (Lipinski definition) is 1. The van der Waals surface area contributed by atoms with Crippen LogP contribution in [0, 0.1) is 13.8 Å². The molecule has 3 nitrogen and oxygen atoms in total. The standard InChI is InChI=1S/C16H15BrN2O/c1-11-5-3-4-6-14(11)16(20)19-18-10-13-8-7-12(2)15(17)9-13/h3-10H,1-2H3,(H,19,20)/b18-10-. The largest absolute Gasteiger partial charge is 0.271 e. The molecule has 20 heavy (non-hydrogen) atoms. The lowest BCUT2D eigenvalue weighted by atomic mass is 10.1. The normalized spacial score (nSPS) is 10.8. The molecule has 0 saturated heterocycles. The summed E-state index contributed by atoms with van der Waals surface area (Å²) in [6.45, 7) is 3.92. The molecule has 0 radical (unpaired) electrons. The molecule has 1 amide bonds. The van der Waals surface area contributed by atoms with Crippen LogP contribution in [-0.4, -0.2) is 12.1 Å². The van der Waals surface area contributed by atoms with Gasteiger partial charge in [0.25, 0.3) is 5.91 Å². The number of amides is 1. The van der Waals surface area contributed by atoms with Gasteiger partial charge in [-0.1, -0.05) is 46.3 Å². The second kappa shape index (κ2) is 6.48. The Bertz CT molecular complexity index is 665. The lowest BCUT2D eigenvalue weighted by molar-refractivity contribution is 0.0954. The van der Waals surface area contributed by atoms with Gasteiger partial charge in [0, 0.05) is 10.0 Å². The van der Waals surface area contributed by atoms with Crippen molar-refractivity contribution in [2.75, 3.05) is 0 Å². The minimum atomic E-state index is -0.203. The molecule has 0 aromatic heterocycles. The predicted molar refractivity (Wildman–Crippen MR) is 85.1 cm³/mol. The molecule has 0 aliphatic rings. The van der Waals surface area contributed by atoms with Crippen molar-refractivity contribution in [3.8, 4) is 0 Å². The molecule has 0 unspecified atom stereocenters. The quantitative estimate of drug-likeness (QED) is 0.674. The molecule has 2 aromatic carbocycles. The van der Waals surface area contributed by atoms with E-state index < -0.39 is 0 Å². The number of rotatable bonds is 3. The average Bonchev–Trinajstić information content (AvgIpc) is 2.43. The summed E-state index contributed by atoms with van der Waals surface area (Å²) < 4.78 is 1.02. The summed E-state index contributed by atoms with van der Waals surface area (Å²) in [6.07, 6.45) is 1.63. The summed E-state index contributed by atoms with van der Waals surface area (Å²) in [5.41, 5.74) is 6.18. The second-order valence-corrected chi connectivity index (χ2v) is 5.38. The van der Waals surface area contributed by atoms with E-state index in [0.717, 1.165) is 21.2 Å². The van der Waals surface area contributed by atoms with Gasteiger partial charge in [-0.05, 0) is 42.7 Å². The van der Waals surface area contributed by atoms with Crippen molar-refractivity contribution in [2.45, 2.75) is 13.8 Å². The first-order chi connectivity index (χ1) is 9.58. The third-order valence-electron chi connectivity index (χ3n) is 2.97. The highest BCUT2D eigenvalue weighted by Crippen LogP contribution is 2.16. The van der Waals surface area contributed by atoms with E-state index in [1.54, 1.807) is 12.3 Å². The number of nitrogens with one attached hydrogen (secondary N) is 1. The van der Waals surface area contributed by atoms with Crippen LogP contribution in [0.1, 0.15) is 27.0 Å². The highest BCUT2D eigenvalue weighted by atomic mass is 79.9. The molecule has 0 spiro atoms. The van der Waals surface area contributed by atoms with Crippen LogP contribution < -0.4 is 5.43 Å². The van der Waals surface area contributed by atoms with Crippen LogP contribution in [-0.2, 0) is 0 Å². The molecule has 102 valence electrons. The Morgan fingerprint density at radius 3 is 2.60 bits per heavy atom. The van der Waals surface area contributed by atoms with Gasteiger partial charge in [0.05, 0.1) is 6.21 Å². The minimum Gasteiger partial charge on any atom is -0.267 e. The van der Waals surface area contributed by atoms with Gasteiger partial charge >= 0.3 is 0 Å². The molecule has 0 fully saturated rings. The average molecular weight is 331 g/mol. The van der Waals surface area contributed by atoms with Crippen molar-refractivity contribution >= 4 is 28.1 Å². The van der Waals surface area contributed by atoms with E-state index in [0.29, 0.717) is 5.56 Å². The van der Waals surface area contributed by atoms with E-state index in [2.05, 4.69) is 26.5 Å². The van der Waals surface area contributed by atoms with Gasteiger partial charge in [-0.3, -0.25) is 4.79 Å². The number of carbonyl (C=O) groups excluding carboxylic acids is 1. The first kappa shape index (κ1) is 14.5. The molecule has 0 bridgehead atoms. The van der Waals surface area contributed by atoms with Gasteiger partial charge < -0.3 is 0 Å². The van der Waals surface area contributed by atoms with Crippen molar-refractivity contribution < 1.29 is 4.79 Å². The fourth-order valence-corrected chi connectivity index (χ4v) is 2.14. The number of halogens is 1. The van der Waals surface area contributed by atoms with Crippen LogP contribution in [0.15, 0.2) is 52.0 Å². The third kappa shape index (κ3) is 3.54. The summed E-state index contributed by atoms with van der Waals surface area (Å²) in [6, 6.07) is 13.3. The first-order valence-electron chi connectivity index (χ1n) is 6.23. The number of aryl methyl sites for hydroxylation is 2. The van der Waals surface area contributed by atoms with E-state index in [4.69, 9.17) is 0 Å². The highest BCUT2D eigenvalue weighted by Gasteiger charge is 2.06. The van der Waals surface area contributed by atoms with Crippen molar-refractivity contribution in [3.63, 3.8) is 0 Å². The smallest absolute Gasteiger partial charge is 0.267 e. The molecule has 0 heterocycles. The van der Waals surface area contributed by atoms with E-state index in [-0.39, 0.29) is 5.91 Å². The van der Waals surface area contributed by atoms with Crippen LogP contribution in [0.3, 0.4) is 0 Å². The van der Waals surface area contributed by atoms with E-state index in [1.165, 1.54) is 0 Å². The molecule has 2 aromatic rings. The number of carbonyl (C=O) groups is 1.